The zero-order valence-electron chi connectivity index (χ0n) is 8.33. The molecule has 84 valence electrons. The molecule has 1 heterocycles. The predicted octanol–water partition coefficient (Wildman–Crippen LogP) is 3.62. The lowest BCUT2D eigenvalue weighted by Gasteiger charge is -2.04. The number of nitrogens with two attached hydrogens (primary N) is 1. The second-order valence-corrected chi connectivity index (χ2v) is 5.01. The molecule has 2 aromatic rings. The summed E-state index contributed by atoms with van der Waals surface area (Å²) < 4.78 is 18.7. The number of halogens is 2. The third-order valence-electron chi connectivity index (χ3n) is 1.85. The quantitative estimate of drug-likeness (QED) is 0.861. The third-order valence-corrected chi connectivity index (χ3v) is 3.39. The van der Waals surface area contributed by atoms with Crippen LogP contribution in [0.15, 0.2) is 37.4 Å². The maximum absolute atomic E-state index is 13.1. The Morgan fingerprint density at radius 2 is 2.25 bits per heavy atom. The van der Waals surface area contributed by atoms with Gasteiger partial charge < -0.3 is 10.2 Å². The smallest absolute Gasteiger partial charge is 0.260 e. The van der Waals surface area contributed by atoms with Crippen molar-refractivity contribution in [3.63, 3.8) is 0 Å². The maximum Gasteiger partial charge on any atom is 0.260 e. The van der Waals surface area contributed by atoms with E-state index in [1.807, 2.05) is 6.92 Å². The Hall–Kier alpha value is -1.01. The molecule has 16 heavy (non-hydrogen) atoms. The first-order valence-corrected chi connectivity index (χ1v) is 6.01. The van der Waals surface area contributed by atoms with Crippen LogP contribution in [0.5, 0.6) is 0 Å². The van der Waals surface area contributed by atoms with Gasteiger partial charge in [-0.25, -0.2) is 9.37 Å². The third kappa shape index (κ3) is 2.38. The topological polar surface area (TPSA) is 52.0 Å². The molecule has 0 aliphatic rings. The van der Waals surface area contributed by atoms with Crippen molar-refractivity contribution in [1.82, 2.24) is 4.98 Å². The van der Waals surface area contributed by atoms with E-state index in [1.165, 1.54) is 17.8 Å². The van der Waals surface area contributed by atoms with Gasteiger partial charge in [0.25, 0.3) is 5.22 Å². The molecule has 0 fully saturated rings. The molecule has 0 spiro atoms. The van der Waals surface area contributed by atoms with Crippen molar-refractivity contribution in [2.45, 2.75) is 17.0 Å². The number of nitrogens with zero attached hydrogens (tertiary/aromatic N) is 1. The van der Waals surface area contributed by atoms with Gasteiger partial charge in [0.15, 0.2) is 0 Å². The average Bonchev–Trinajstić information content (AvgIpc) is 2.60. The number of oxazole rings is 1. The lowest BCUT2D eigenvalue weighted by atomic mass is 10.3. The fourth-order valence-electron chi connectivity index (χ4n) is 1.11. The highest BCUT2D eigenvalue weighted by molar-refractivity contribution is 9.10. The van der Waals surface area contributed by atoms with Crippen LogP contribution in [0.1, 0.15) is 5.69 Å². The highest BCUT2D eigenvalue weighted by Crippen LogP contribution is 2.34. The van der Waals surface area contributed by atoms with Gasteiger partial charge >= 0.3 is 0 Å². The van der Waals surface area contributed by atoms with E-state index in [1.54, 1.807) is 12.3 Å². The molecule has 3 nitrogen and oxygen atoms in total. The van der Waals surface area contributed by atoms with Gasteiger partial charge in [-0.2, -0.15) is 0 Å². The molecule has 0 amide bonds. The van der Waals surface area contributed by atoms with Crippen LogP contribution in [-0.2, 0) is 0 Å². The number of anilines is 1. The van der Waals surface area contributed by atoms with E-state index in [9.17, 15) is 4.39 Å². The number of nitrogen functional groups attached to an aromatic ring is 1. The highest BCUT2D eigenvalue weighted by Gasteiger charge is 2.10. The first-order chi connectivity index (χ1) is 7.56. The van der Waals surface area contributed by atoms with Gasteiger partial charge in [-0.1, -0.05) is 0 Å². The van der Waals surface area contributed by atoms with Crippen molar-refractivity contribution in [3.8, 4) is 0 Å². The predicted molar refractivity (Wildman–Crippen MR) is 63.9 cm³/mol. The number of hydrogen-bond donors (Lipinski definition) is 1. The van der Waals surface area contributed by atoms with Gasteiger partial charge in [-0.05, 0) is 46.7 Å². The van der Waals surface area contributed by atoms with Crippen molar-refractivity contribution in [2.24, 2.45) is 0 Å². The summed E-state index contributed by atoms with van der Waals surface area (Å²) in [7, 11) is 0. The summed E-state index contributed by atoms with van der Waals surface area (Å²) in [5.41, 5.74) is 6.85. The molecule has 1 aromatic carbocycles. The van der Waals surface area contributed by atoms with Crippen molar-refractivity contribution in [2.75, 3.05) is 5.73 Å². The second-order valence-electron chi connectivity index (χ2n) is 3.16. The number of hydrogen-bond acceptors (Lipinski definition) is 4. The second kappa shape index (κ2) is 4.47. The Morgan fingerprint density at radius 3 is 2.88 bits per heavy atom. The maximum atomic E-state index is 13.1. The molecule has 6 heteroatoms. The normalized spacial score (nSPS) is 10.7. The summed E-state index contributed by atoms with van der Waals surface area (Å²) in [5, 5.41) is 0.489. The Bertz CT molecular complexity index is 530. The van der Waals surface area contributed by atoms with Crippen molar-refractivity contribution >= 4 is 33.4 Å². The summed E-state index contributed by atoms with van der Waals surface area (Å²) in [6.45, 7) is 1.83. The number of aryl methyl sites for hydroxylation is 1. The van der Waals surface area contributed by atoms with Crippen LogP contribution in [0.25, 0.3) is 0 Å². The number of benzene rings is 1. The molecular weight excluding hydrogens is 295 g/mol. The van der Waals surface area contributed by atoms with E-state index in [2.05, 4.69) is 20.9 Å². The van der Waals surface area contributed by atoms with Gasteiger partial charge in [-0.3, -0.25) is 0 Å². The molecule has 2 rings (SSSR count). The molecule has 0 aliphatic heterocycles. The summed E-state index contributed by atoms with van der Waals surface area (Å²) in [6, 6.07) is 2.87. The molecule has 0 atom stereocenters. The molecule has 0 saturated heterocycles. The fraction of sp³-hybridized carbons (Fsp3) is 0.100. The van der Waals surface area contributed by atoms with Crippen LogP contribution in [0.4, 0.5) is 10.1 Å². The lowest BCUT2D eigenvalue weighted by molar-refractivity contribution is 0.454. The van der Waals surface area contributed by atoms with Gasteiger partial charge in [0, 0.05) is 10.6 Å². The minimum absolute atomic E-state index is 0.363. The summed E-state index contributed by atoms with van der Waals surface area (Å²) in [6.07, 6.45) is 1.55. The Labute approximate surface area is 104 Å². The molecule has 0 radical (unpaired) electrons. The zero-order chi connectivity index (χ0) is 11.7. The van der Waals surface area contributed by atoms with Gasteiger partial charge in [0.1, 0.15) is 12.1 Å². The van der Waals surface area contributed by atoms with Crippen LogP contribution in [0, 0.1) is 12.7 Å². The first-order valence-electron chi connectivity index (χ1n) is 4.41. The minimum Gasteiger partial charge on any atom is -0.439 e. The summed E-state index contributed by atoms with van der Waals surface area (Å²) >= 11 is 4.36. The molecule has 0 unspecified atom stereocenters. The summed E-state index contributed by atoms with van der Waals surface area (Å²) in [5.74, 6) is -0.384. The van der Waals surface area contributed by atoms with Crippen molar-refractivity contribution in [1.29, 1.82) is 0 Å². The van der Waals surface area contributed by atoms with Crippen LogP contribution in [-0.4, -0.2) is 4.98 Å². The van der Waals surface area contributed by atoms with Crippen LogP contribution < -0.4 is 5.73 Å². The van der Waals surface area contributed by atoms with E-state index in [0.717, 1.165) is 5.69 Å². The molecule has 0 bridgehead atoms. The van der Waals surface area contributed by atoms with E-state index in [-0.39, 0.29) is 5.82 Å². The van der Waals surface area contributed by atoms with E-state index < -0.39 is 0 Å². The molecule has 1 aromatic heterocycles. The van der Waals surface area contributed by atoms with Gasteiger partial charge in [-0.15, -0.1) is 0 Å². The lowest BCUT2D eigenvalue weighted by Crippen LogP contribution is -1.91. The van der Waals surface area contributed by atoms with Crippen molar-refractivity contribution in [3.05, 3.63) is 34.4 Å². The van der Waals surface area contributed by atoms with Crippen LogP contribution >= 0.6 is 27.7 Å². The SMILES string of the molecule is Cc1coc(Sc2cc(Br)c(F)cc2N)n1. The van der Waals surface area contributed by atoms with Gasteiger partial charge in [0.05, 0.1) is 10.2 Å². The van der Waals surface area contributed by atoms with Gasteiger partial charge in [0.2, 0.25) is 0 Å². The van der Waals surface area contributed by atoms with E-state index in [4.69, 9.17) is 10.2 Å². The highest BCUT2D eigenvalue weighted by atomic mass is 79.9. The van der Waals surface area contributed by atoms with Crippen LogP contribution in [0.3, 0.4) is 0 Å². The molecule has 0 saturated carbocycles. The minimum atomic E-state index is -0.384. The van der Waals surface area contributed by atoms with Crippen molar-refractivity contribution < 1.29 is 8.81 Å². The van der Waals surface area contributed by atoms with Crippen LogP contribution in [0.2, 0.25) is 0 Å². The number of rotatable bonds is 2. The monoisotopic (exact) mass is 302 g/mol. The summed E-state index contributed by atoms with van der Waals surface area (Å²) in [4.78, 5) is 4.83. The van der Waals surface area contributed by atoms with E-state index in [0.29, 0.717) is 20.3 Å². The average molecular weight is 303 g/mol. The zero-order valence-corrected chi connectivity index (χ0v) is 10.7. The Balaban J connectivity index is 2.31. The Morgan fingerprint density at radius 1 is 1.50 bits per heavy atom. The molecule has 0 aliphatic carbocycles. The largest absolute Gasteiger partial charge is 0.439 e. The standard InChI is InChI=1S/C10H8BrFN2OS/c1-5-4-15-10(14-5)16-9-2-6(11)7(12)3-8(9)13/h2-4H,13H2,1H3. The fourth-order valence-corrected chi connectivity index (χ4v) is 2.43. The first kappa shape index (κ1) is 11.5. The van der Waals surface area contributed by atoms with E-state index >= 15 is 0 Å². The molecular formula is C10H8BrFN2OS. The Kier molecular flexibility index (Phi) is 3.20. The number of aromatic nitrogens is 1. The molecule has 2 N–H and O–H groups in total.